The van der Waals surface area contributed by atoms with E-state index >= 15 is 0 Å². The normalized spacial score (nSPS) is 15.7. The predicted octanol–water partition coefficient (Wildman–Crippen LogP) is 2.63. The van der Waals surface area contributed by atoms with Crippen molar-refractivity contribution in [2.24, 2.45) is 0 Å². The number of hydrogen-bond acceptors (Lipinski definition) is 2. The number of benzene rings is 1. The van der Waals surface area contributed by atoms with Crippen LogP contribution in [-0.4, -0.2) is 29.1 Å². The summed E-state index contributed by atoms with van der Waals surface area (Å²) in [5.74, 6) is -0.793. The van der Waals surface area contributed by atoms with Gasteiger partial charge in [0, 0.05) is 25.2 Å². The Hall–Kier alpha value is -1.32. The Morgan fingerprint density at radius 2 is 2.00 bits per heavy atom. The van der Waals surface area contributed by atoms with Gasteiger partial charge in [-0.05, 0) is 18.9 Å². The van der Waals surface area contributed by atoms with Crippen molar-refractivity contribution in [2.75, 3.05) is 13.1 Å². The zero-order valence-electron chi connectivity index (χ0n) is 10.4. The number of nitrogens with zero attached hydrogens (tertiary/aromatic N) is 1. The van der Waals surface area contributed by atoms with Crippen molar-refractivity contribution < 1.29 is 9.90 Å². The second-order valence-electron chi connectivity index (χ2n) is 4.52. The summed E-state index contributed by atoms with van der Waals surface area (Å²) in [6.07, 6.45) is 2.65. The molecule has 2 rings (SSSR count). The minimum absolute atomic E-state index is 0. The first kappa shape index (κ1) is 14.7. The maximum absolute atomic E-state index is 10.9. The fraction of sp³-hybridized carbons (Fsp3) is 0.357. The van der Waals surface area contributed by atoms with Crippen LogP contribution in [-0.2, 0) is 11.3 Å². The number of carboxylic acid groups (broad SMARTS) is 1. The van der Waals surface area contributed by atoms with Crippen molar-refractivity contribution in [3.8, 4) is 0 Å². The summed E-state index contributed by atoms with van der Waals surface area (Å²) < 4.78 is 0. The predicted molar refractivity (Wildman–Crippen MR) is 74.0 cm³/mol. The van der Waals surface area contributed by atoms with Gasteiger partial charge in [0.2, 0.25) is 0 Å². The van der Waals surface area contributed by atoms with Gasteiger partial charge in [-0.3, -0.25) is 4.90 Å². The zero-order chi connectivity index (χ0) is 12.3. The Labute approximate surface area is 114 Å². The fourth-order valence-corrected chi connectivity index (χ4v) is 2.05. The van der Waals surface area contributed by atoms with Gasteiger partial charge in [-0.15, -0.1) is 12.4 Å². The fourth-order valence-electron chi connectivity index (χ4n) is 2.05. The molecule has 3 nitrogen and oxygen atoms in total. The second-order valence-corrected chi connectivity index (χ2v) is 4.52. The molecule has 0 aliphatic carbocycles. The number of aryl methyl sites for hydroxylation is 1. The van der Waals surface area contributed by atoms with Crippen molar-refractivity contribution in [3.63, 3.8) is 0 Å². The number of rotatable bonds is 3. The van der Waals surface area contributed by atoms with Gasteiger partial charge in [-0.2, -0.15) is 0 Å². The standard InChI is InChI=1S/C14H17NO2.ClH/c1-11-4-6-12(7-5-11)9-15-8-2-3-13(10-15)14(16)17;/h3-7H,2,8-10H2,1H3,(H,16,17);1H. The SMILES string of the molecule is Cc1ccc(CN2CCC=C(C(=O)O)C2)cc1.Cl. The van der Waals surface area contributed by atoms with Crippen LogP contribution >= 0.6 is 12.4 Å². The van der Waals surface area contributed by atoms with Gasteiger partial charge in [0.05, 0.1) is 0 Å². The number of halogens is 1. The Morgan fingerprint density at radius 3 is 2.61 bits per heavy atom. The molecule has 0 bridgehead atoms. The summed E-state index contributed by atoms with van der Waals surface area (Å²) >= 11 is 0. The van der Waals surface area contributed by atoms with Crippen LogP contribution in [0.15, 0.2) is 35.9 Å². The molecule has 0 spiro atoms. The molecule has 98 valence electrons. The number of aliphatic carboxylic acids is 1. The summed E-state index contributed by atoms with van der Waals surface area (Å²) in [6, 6.07) is 8.39. The van der Waals surface area contributed by atoms with E-state index in [0.29, 0.717) is 12.1 Å². The molecule has 18 heavy (non-hydrogen) atoms. The van der Waals surface area contributed by atoms with Gasteiger partial charge in [-0.1, -0.05) is 35.9 Å². The molecule has 1 aliphatic rings. The van der Waals surface area contributed by atoms with Crippen LogP contribution in [0.4, 0.5) is 0 Å². The van der Waals surface area contributed by atoms with E-state index in [1.807, 2.05) is 6.08 Å². The van der Waals surface area contributed by atoms with Gasteiger partial charge in [-0.25, -0.2) is 4.79 Å². The molecule has 1 aliphatic heterocycles. The van der Waals surface area contributed by atoms with Crippen molar-refractivity contribution in [3.05, 3.63) is 47.0 Å². The van der Waals surface area contributed by atoms with Crippen LogP contribution in [0.2, 0.25) is 0 Å². The molecule has 0 radical (unpaired) electrons. The third kappa shape index (κ3) is 3.86. The van der Waals surface area contributed by atoms with Crippen LogP contribution in [0.25, 0.3) is 0 Å². The first-order chi connectivity index (χ1) is 8.15. The summed E-state index contributed by atoms with van der Waals surface area (Å²) in [5.41, 5.74) is 3.00. The molecule has 0 fully saturated rings. The topological polar surface area (TPSA) is 40.5 Å². The van der Waals surface area contributed by atoms with Crippen molar-refractivity contribution in [1.82, 2.24) is 4.90 Å². The molecule has 0 saturated heterocycles. The Balaban J connectivity index is 0.00000162. The molecule has 4 heteroatoms. The highest BCUT2D eigenvalue weighted by atomic mass is 35.5. The van der Waals surface area contributed by atoms with Crippen molar-refractivity contribution >= 4 is 18.4 Å². The third-order valence-electron chi connectivity index (χ3n) is 3.03. The van der Waals surface area contributed by atoms with Crippen LogP contribution < -0.4 is 0 Å². The highest BCUT2D eigenvalue weighted by molar-refractivity contribution is 5.87. The molecule has 0 aromatic heterocycles. The molecule has 1 N–H and O–H groups in total. The zero-order valence-corrected chi connectivity index (χ0v) is 11.2. The molecule has 0 unspecified atom stereocenters. The smallest absolute Gasteiger partial charge is 0.332 e. The van der Waals surface area contributed by atoms with E-state index in [0.717, 1.165) is 19.5 Å². The highest BCUT2D eigenvalue weighted by Crippen LogP contribution is 2.14. The Bertz CT molecular complexity index is 440. The molecule has 0 atom stereocenters. The second kappa shape index (κ2) is 6.57. The maximum Gasteiger partial charge on any atom is 0.332 e. The molecular weight excluding hydrogens is 250 g/mol. The van der Waals surface area contributed by atoms with E-state index < -0.39 is 5.97 Å². The van der Waals surface area contributed by atoms with Crippen LogP contribution in [0.3, 0.4) is 0 Å². The van der Waals surface area contributed by atoms with E-state index in [2.05, 4.69) is 36.1 Å². The van der Waals surface area contributed by atoms with E-state index in [-0.39, 0.29) is 12.4 Å². The van der Waals surface area contributed by atoms with Crippen molar-refractivity contribution in [2.45, 2.75) is 19.9 Å². The van der Waals surface area contributed by atoms with Gasteiger partial charge in [0.15, 0.2) is 0 Å². The first-order valence-corrected chi connectivity index (χ1v) is 5.85. The van der Waals surface area contributed by atoms with Gasteiger partial charge < -0.3 is 5.11 Å². The molecule has 0 amide bonds. The highest BCUT2D eigenvalue weighted by Gasteiger charge is 2.17. The van der Waals surface area contributed by atoms with E-state index in [4.69, 9.17) is 5.11 Å². The van der Waals surface area contributed by atoms with E-state index in [9.17, 15) is 4.79 Å². The average molecular weight is 268 g/mol. The maximum atomic E-state index is 10.9. The average Bonchev–Trinajstić information content (AvgIpc) is 2.32. The largest absolute Gasteiger partial charge is 0.478 e. The van der Waals surface area contributed by atoms with E-state index in [1.54, 1.807) is 0 Å². The molecule has 1 aromatic rings. The summed E-state index contributed by atoms with van der Waals surface area (Å²) in [7, 11) is 0. The summed E-state index contributed by atoms with van der Waals surface area (Å²) in [4.78, 5) is 13.1. The van der Waals surface area contributed by atoms with Crippen LogP contribution in [0, 0.1) is 6.92 Å². The lowest BCUT2D eigenvalue weighted by atomic mass is 10.1. The van der Waals surface area contributed by atoms with E-state index in [1.165, 1.54) is 11.1 Å². The van der Waals surface area contributed by atoms with Crippen LogP contribution in [0.5, 0.6) is 0 Å². The van der Waals surface area contributed by atoms with Gasteiger partial charge >= 0.3 is 5.97 Å². The third-order valence-corrected chi connectivity index (χ3v) is 3.03. The molecular formula is C14H18ClNO2. The van der Waals surface area contributed by atoms with Gasteiger partial charge in [0.25, 0.3) is 0 Å². The number of carboxylic acids is 1. The molecule has 1 aromatic carbocycles. The summed E-state index contributed by atoms with van der Waals surface area (Å²) in [5, 5.41) is 8.96. The Kier molecular flexibility index (Phi) is 5.38. The molecule has 0 saturated carbocycles. The Morgan fingerprint density at radius 1 is 1.33 bits per heavy atom. The quantitative estimate of drug-likeness (QED) is 0.915. The van der Waals surface area contributed by atoms with Crippen LogP contribution in [0.1, 0.15) is 17.5 Å². The minimum Gasteiger partial charge on any atom is -0.478 e. The summed E-state index contributed by atoms with van der Waals surface area (Å²) in [6.45, 7) is 4.37. The lowest BCUT2D eigenvalue weighted by Crippen LogP contribution is -2.31. The monoisotopic (exact) mass is 267 g/mol. The molecule has 1 heterocycles. The van der Waals surface area contributed by atoms with Gasteiger partial charge in [0.1, 0.15) is 0 Å². The van der Waals surface area contributed by atoms with Crippen molar-refractivity contribution in [1.29, 1.82) is 0 Å². The lowest BCUT2D eigenvalue weighted by Gasteiger charge is -2.25. The number of carbonyl (C=O) groups is 1. The number of hydrogen-bond donors (Lipinski definition) is 1. The minimum atomic E-state index is -0.793. The first-order valence-electron chi connectivity index (χ1n) is 5.85. The lowest BCUT2D eigenvalue weighted by molar-refractivity contribution is -0.133.